The molecule has 1 aliphatic heterocycles. The number of hydrogen-bond acceptors (Lipinski definition) is 6. The molecule has 0 aliphatic carbocycles. The van der Waals surface area contributed by atoms with Crippen molar-refractivity contribution in [2.24, 2.45) is 0 Å². The molecule has 4 aromatic rings. The molecule has 0 N–H and O–H groups in total. The highest BCUT2D eigenvalue weighted by atomic mass is 32.2. The number of carbonyl (C=O) groups excluding carboxylic acids is 1. The number of benzene rings is 2. The summed E-state index contributed by atoms with van der Waals surface area (Å²) in [6, 6.07) is 20.4. The van der Waals surface area contributed by atoms with Gasteiger partial charge in [-0.3, -0.25) is 9.69 Å². The van der Waals surface area contributed by atoms with Gasteiger partial charge >= 0.3 is 0 Å². The fraction of sp³-hybridized carbons (Fsp3) is 0.308. The van der Waals surface area contributed by atoms with E-state index in [9.17, 15) is 4.79 Å². The van der Waals surface area contributed by atoms with Gasteiger partial charge in [0.25, 0.3) is 11.7 Å². The number of fused-ring (bicyclic) bond motifs is 1. The van der Waals surface area contributed by atoms with E-state index in [0.29, 0.717) is 16.7 Å². The molecule has 1 aliphatic rings. The highest BCUT2D eigenvalue weighted by molar-refractivity contribution is 7.98. The second-order valence-electron chi connectivity index (χ2n) is 8.64. The van der Waals surface area contributed by atoms with Crippen molar-refractivity contribution >= 4 is 23.4 Å². The Morgan fingerprint density at radius 2 is 1.68 bits per heavy atom. The Balaban J connectivity index is 1.23. The van der Waals surface area contributed by atoms with Gasteiger partial charge in [-0.05, 0) is 37.1 Å². The van der Waals surface area contributed by atoms with Crippen LogP contribution in [0.4, 0.5) is 0 Å². The molecule has 0 bridgehead atoms. The summed E-state index contributed by atoms with van der Waals surface area (Å²) in [5.74, 6) is 1.34. The molecule has 0 unspecified atom stereocenters. The van der Waals surface area contributed by atoms with Crippen molar-refractivity contribution in [1.82, 2.24) is 29.4 Å². The summed E-state index contributed by atoms with van der Waals surface area (Å²) < 4.78 is 1.77. The normalized spacial score (nSPS) is 14.6. The first kappa shape index (κ1) is 22.6. The van der Waals surface area contributed by atoms with Crippen molar-refractivity contribution < 1.29 is 4.79 Å². The van der Waals surface area contributed by atoms with Crippen LogP contribution in [0, 0.1) is 13.8 Å². The molecule has 1 amide bonds. The lowest BCUT2D eigenvalue weighted by molar-refractivity contribution is 0.0627. The number of rotatable bonds is 6. The van der Waals surface area contributed by atoms with Crippen molar-refractivity contribution in [3.8, 4) is 0 Å². The number of hydrogen-bond donors (Lipinski definition) is 0. The van der Waals surface area contributed by atoms with E-state index in [4.69, 9.17) is 0 Å². The zero-order valence-electron chi connectivity index (χ0n) is 19.5. The second kappa shape index (κ2) is 9.95. The van der Waals surface area contributed by atoms with E-state index in [1.807, 2.05) is 55.1 Å². The first-order valence-electron chi connectivity index (χ1n) is 11.5. The fourth-order valence-corrected chi connectivity index (χ4v) is 5.15. The summed E-state index contributed by atoms with van der Waals surface area (Å²) in [5.41, 5.74) is 5.01. The molecule has 7 nitrogen and oxygen atoms in total. The summed E-state index contributed by atoms with van der Waals surface area (Å²) in [5, 5.41) is 5.25. The summed E-state index contributed by atoms with van der Waals surface area (Å²) in [4.78, 5) is 26.8. The van der Waals surface area contributed by atoms with Crippen LogP contribution in [0.1, 0.15) is 32.9 Å². The maximum Gasteiger partial charge on any atom is 0.254 e. The standard InChI is InChI=1S/C26H28N6OS/c1-19-16-20(2)32-25(27-19)28-26(29-32)34-18-22-10-6-7-11-23(22)24(33)31-14-12-30(13-15-31)17-21-8-4-3-5-9-21/h3-11,16H,12-15,17-18H2,1-2H3. The van der Waals surface area contributed by atoms with Crippen LogP contribution >= 0.6 is 11.8 Å². The molecular weight excluding hydrogens is 444 g/mol. The molecule has 1 saturated heterocycles. The van der Waals surface area contributed by atoms with Gasteiger partial charge in [-0.2, -0.15) is 4.98 Å². The second-order valence-corrected chi connectivity index (χ2v) is 9.59. The lowest BCUT2D eigenvalue weighted by Crippen LogP contribution is -2.48. The average molecular weight is 473 g/mol. The molecule has 34 heavy (non-hydrogen) atoms. The van der Waals surface area contributed by atoms with E-state index in [2.05, 4.69) is 44.2 Å². The van der Waals surface area contributed by atoms with Crippen LogP contribution in [-0.2, 0) is 12.3 Å². The maximum absolute atomic E-state index is 13.4. The lowest BCUT2D eigenvalue weighted by Gasteiger charge is -2.35. The van der Waals surface area contributed by atoms with E-state index in [-0.39, 0.29) is 5.91 Å². The molecular formula is C26H28N6OS. The zero-order valence-corrected chi connectivity index (χ0v) is 20.3. The van der Waals surface area contributed by atoms with Crippen molar-refractivity contribution in [1.29, 1.82) is 0 Å². The molecule has 3 heterocycles. The fourth-order valence-electron chi connectivity index (χ4n) is 4.33. The Morgan fingerprint density at radius 3 is 2.47 bits per heavy atom. The Hall–Kier alpha value is -3.23. The monoisotopic (exact) mass is 472 g/mol. The summed E-state index contributed by atoms with van der Waals surface area (Å²) in [6.45, 7) is 8.13. The van der Waals surface area contributed by atoms with Gasteiger partial charge in [0.1, 0.15) is 0 Å². The van der Waals surface area contributed by atoms with Crippen LogP contribution in [0.5, 0.6) is 0 Å². The zero-order chi connectivity index (χ0) is 23.5. The van der Waals surface area contributed by atoms with Crippen molar-refractivity contribution in [2.75, 3.05) is 26.2 Å². The number of aryl methyl sites for hydroxylation is 2. The number of thioether (sulfide) groups is 1. The third-order valence-electron chi connectivity index (χ3n) is 6.11. The Kier molecular flexibility index (Phi) is 6.60. The number of amides is 1. The minimum absolute atomic E-state index is 0.103. The van der Waals surface area contributed by atoms with Gasteiger partial charge in [-0.1, -0.05) is 60.3 Å². The molecule has 0 saturated carbocycles. The highest BCUT2D eigenvalue weighted by Crippen LogP contribution is 2.24. The molecule has 5 rings (SSSR count). The van der Waals surface area contributed by atoms with Gasteiger partial charge in [0.2, 0.25) is 5.16 Å². The van der Waals surface area contributed by atoms with E-state index in [0.717, 1.165) is 55.2 Å². The first-order chi connectivity index (χ1) is 16.6. The molecule has 174 valence electrons. The van der Waals surface area contributed by atoms with Gasteiger partial charge in [0, 0.05) is 55.4 Å². The van der Waals surface area contributed by atoms with E-state index >= 15 is 0 Å². The van der Waals surface area contributed by atoms with Crippen LogP contribution in [-0.4, -0.2) is 61.5 Å². The summed E-state index contributed by atoms with van der Waals surface area (Å²) >= 11 is 1.53. The number of nitrogens with zero attached hydrogens (tertiary/aromatic N) is 6. The summed E-state index contributed by atoms with van der Waals surface area (Å²) in [6.07, 6.45) is 0. The minimum atomic E-state index is 0.103. The molecule has 2 aromatic carbocycles. The van der Waals surface area contributed by atoms with Gasteiger partial charge in [0.15, 0.2) is 0 Å². The topological polar surface area (TPSA) is 66.6 Å². The van der Waals surface area contributed by atoms with Gasteiger partial charge in [0.05, 0.1) is 0 Å². The van der Waals surface area contributed by atoms with Crippen LogP contribution in [0.3, 0.4) is 0 Å². The van der Waals surface area contributed by atoms with Crippen LogP contribution in [0.15, 0.2) is 65.8 Å². The Labute approximate surface area is 203 Å². The average Bonchev–Trinajstić information content (AvgIpc) is 3.27. The van der Waals surface area contributed by atoms with Gasteiger partial charge in [-0.25, -0.2) is 9.50 Å². The molecule has 0 radical (unpaired) electrons. The first-order valence-corrected chi connectivity index (χ1v) is 12.5. The highest BCUT2D eigenvalue weighted by Gasteiger charge is 2.24. The van der Waals surface area contributed by atoms with Crippen molar-refractivity contribution in [3.05, 3.63) is 88.7 Å². The summed E-state index contributed by atoms with van der Waals surface area (Å²) in [7, 11) is 0. The Bertz CT molecular complexity index is 1300. The van der Waals surface area contributed by atoms with Crippen LogP contribution in [0.25, 0.3) is 5.78 Å². The largest absolute Gasteiger partial charge is 0.336 e. The molecule has 8 heteroatoms. The quantitative estimate of drug-likeness (QED) is 0.395. The van der Waals surface area contributed by atoms with Gasteiger partial charge < -0.3 is 4.90 Å². The third kappa shape index (κ3) is 4.98. The van der Waals surface area contributed by atoms with Crippen LogP contribution < -0.4 is 0 Å². The van der Waals surface area contributed by atoms with E-state index in [1.165, 1.54) is 17.3 Å². The predicted octanol–water partition coefficient (Wildman–Crippen LogP) is 3.99. The maximum atomic E-state index is 13.4. The third-order valence-corrected chi connectivity index (χ3v) is 7.00. The number of carbonyl (C=O) groups is 1. The van der Waals surface area contributed by atoms with E-state index < -0.39 is 0 Å². The van der Waals surface area contributed by atoms with Crippen molar-refractivity contribution in [3.63, 3.8) is 0 Å². The van der Waals surface area contributed by atoms with Gasteiger partial charge in [-0.15, -0.1) is 5.10 Å². The number of aromatic nitrogens is 4. The van der Waals surface area contributed by atoms with Crippen molar-refractivity contribution in [2.45, 2.75) is 31.3 Å². The molecule has 2 aromatic heterocycles. The smallest absolute Gasteiger partial charge is 0.254 e. The number of piperazine rings is 1. The molecule has 0 spiro atoms. The molecule has 0 atom stereocenters. The SMILES string of the molecule is Cc1cc(C)n2nc(SCc3ccccc3C(=O)N3CCN(Cc4ccccc4)CC3)nc2n1. The Morgan fingerprint density at radius 1 is 0.941 bits per heavy atom. The van der Waals surface area contributed by atoms with E-state index in [1.54, 1.807) is 4.52 Å². The minimum Gasteiger partial charge on any atom is -0.336 e. The lowest BCUT2D eigenvalue weighted by atomic mass is 10.1. The van der Waals surface area contributed by atoms with Crippen LogP contribution in [0.2, 0.25) is 0 Å². The predicted molar refractivity (Wildman–Crippen MR) is 134 cm³/mol. The molecule has 1 fully saturated rings.